The molecule has 8 heteroatoms. The predicted octanol–water partition coefficient (Wildman–Crippen LogP) is 3.16. The molecule has 0 aliphatic carbocycles. The second-order valence-electron chi connectivity index (χ2n) is 6.34. The van der Waals surface area contributed by atoms with E-state index in [1.165, 1.54) is 0 Å². The topological polar surface area (TPSA) is 79.2 Å². The molecule has 0 saturated carbocycles. The maximum Gasteiger partial charge on any atom is 0.546 e. The molecule has 1 N–H and O–H groups in total. The van der Waals surface area contributed by atoms with Crippen molar-refractivity contribution in [2.45, 2.75) is 39.7 Å². The third-order valence-electron chi connectivity index (χ3n) is 3.70. The van der Waals surface area contributed by atoms with Gasteiger partial charge in [0.15, 0.2) is 9.42 Å². The van der Waals surface area contributed by atoms with Crippen LogP contribution in [0.3, 0.4) is 0 Å². The van der Waals surface area contributed by atoms with Gasteiger partial charge in [-0.3, -0.25) is 0 Å². The number of ether oxygens (including phenoxy) is 1. The van der Waals surface area contributed by atoms with Crippen molar-refractivity contribution in [3.05, 3.63) is 11.3 Å². The Bertz CT molecular complexity index is 579. The lowest BCUT2D eigenvalue weighted by Crippen LogP contribution is -2.48. The Kier molecular flexibility index (Phi) is 4.54. The van der Waals surface area contributed by atoms with Crippen molar-refractivity contribution < 1.29 is 24.0 Å². The van der Waals surface area contributed by atoms with Gasteiger partial charge in [0.05, 0.1) is 12.1 Å². The van der Waals surface area contributed by atoms with Crippen LogP contribution in [-0.2, 0) is 4.74 Å². The van der Waals surface area contributed by atoms with Crippen LogP contribution < -0.4 is 0 Å². The zero-order chi connectivity index (χ0) is 16.7. The molecule has 2 aliphatic rings. The summed E-state index contributed by atoms with van der Waals surface area (Å²) in [4.78, 5) is 25.5. The van der Waals surface area contributed by atoms with E-state index in [0.29, 0.717) is 29.8 Å². The summed E-state index contributed by atoms with van der Waals surface area (Å²) in [6.07, 6.45) is -0.863. The third kappa shape index (κ3) is 2.98. The Hall–Kier alpha value is -1.16. The van der Waals surface area contributed by atoms with Crippen molar-refractivity contribution >= 4 is 38.5 Å². The zero-order valence-corrected chi connectivity index (χ0v) is 15.4. The summed E-state index contributed by atoms with van der Waals surface area (Å²) in [5, 5.41) is 13.9. The highest BCUT2D eigenvalue weighted by Crippen LogP contribution is 2.37. The molecule has 2 amide bonds. The van der Waals surface area contributed by atoms with Gasteiger partial charge in [-0.05, 0) is 50.3 Å². The minimum absolute atomic E-state index is 0.347. The number of carboxylic acid groups (broad SMARTS) is 1. The van der Waals surface area contributed by atoms with Gasteiger partial charge >= 0.3 is 12.2 Å². The fourth-order valence-corrected chi connectivity index (χ4v) is 3.50. The van der Waals surface area contributed by atoms with Crippen molar-refractivity contribution in [2.75, 3.05) is 19.6 Å². The molecule has 122 valence electrons. The lowest BCUT2D eigenvalue weighted by molar-refractivity contribution is -0.823. The molecule has 0 spiro atoms. The Morgan fingerprint density at radius 3 is 2.59 bits per heavy atom. The largest absolute Gasteiger partial charge is 0.546 e. The highest BCUT2D eigenvalue weighted by molar-refractivity contribution is 14.1. The number of hydrogen-bond acceptors (Lipinski definition) is 4. The Balaban J connectivity index is 2.25. The van der Waals surface area contributed by atoms with Gasteiger partial charge in [0, 0.05) is 13.0 Å². The average molecular weight is 422 g/mol. The Morgan fingerprint density at radius 1 is 1.45 bits per heavy atom. The van der Waals surface area contributed by atoms with E-state index >= 15 is 0 Å². The van der Waals surface area contributed by atoms with Crippen LogP contribution in [-0.4, -0.2) is 55.7 Å². The van der Waals surface area contributed by atoms with Gasteiger partial charge in [0.1, 0.15) is 12.1 Å². The monoisotopic (exact) mass is 422 g/mol. The smallest absolute Gasteiger partial charge is 0.444 e. The summed E-state index contributed by atoms with van der Waals surface area (Å²) in [6, 6.07) is 0. The molecule has 22 heavy (non-hydrogen) atoms. The lowest BCUT2D eigenvalue weighted by atomic mass is 10.1. The summed E-state index contributed by atoms with van der Waals surface area (Å²) in [7, 11) is 0. The van der Waals surface area contributed by atoms with Crippen molar-refractivity contribution in [1.29, 1.82) is 0 Å². The third-order valence-corrected chi connectivity index (χ3v) is 4.56. The molecule has 0 bridgehead atoms. The van der Waals surface area contributed by atoms with Crippen LogP contribution in [0.25, 0.3) is 0 Å². The standard InChI is InChI=1S/C14H20IN3O4/c1-5-18(13(20)21)10-6-7-17(8-9(10)11(15)16-18)12(19)22-14(2,3)4/h5-8H2,1-4H3/p+1. The summed E-state index contributed by atoms with van der Waals surface area (Å²) in [5.41, 5.74) is 1.06. The van der Waals surface area contributed by atoms with Gasteiger partial charge in [0.2, 0.25) is 0 Å². The number of rotatable bonds is 1. The molecule has 2 rings (SSSR count). The number of amides is 2. The van der Waals surface area contributed by atoms with Crippen LogP contribution in [0.5, 0.6) is 0 Å². The molecule has 7 nitrogen and oxygen atoms in total. The number of quaternary nitrogens is 1. The second-order valence-corrected chi connectivity index (χ2v) is 7.36. The van der Waals surface area contributed by atoms with Gasteiger partial charge in [-0.1, -0.05) is 9.69 Å². The first-order chi connectivity index (χ1) is 10.1. The van der Waals surface area contributed by atoms with Gasteiger partial charge in [-0.2, -0.15) is 4.79 Å². The van der Waals surface area contributed by atoms with Crippen molar-refractivity contribution in [3.8, 4) is 0 Å². The summed E-state index contributed by atoms with van der Waals surface area (Å²) in [5.74, 6) is 0. The fraction of sp³-hybridized carbons (Fsp3) is 0.643. The first-order valence-corrected chi connectivity index (χ1v) is 8.27. The van der Waals surface area contributed by atoms with Gasteiger partial charge in [0.25, 0.3) is 0 Å². The van der Waals surface area contributed by atoms with Crippen LogP contribution in [0, 0.1) is 0 Å². The van der Waals surface area contributed by atoms with Crippen LogP contribution in [0.15, 0.2) is 16.4 Å². The maximum absolute atomic E-state index is 12.2. The quantitative estimate of drug-likeness (QED) is 0.520. The van der Waals surface area contributed by atoms with Gasteiger partial charge in [-0.15, -0.1) is 0 Å². The lowest BCUT2D eigenvalue weighted by Gasteiger charge is -2.32. The van der Waals surface area contributed by atoms with E-state index in [0.717, 1.165) is 11.3 Å². The van der Waals surface area contributed by atoms with Crippen LogP contribution in [0.2, 0.25) is 0 Å². The maximum atomic E-state index is 12.2. The zero-order valence-electron chi connectivity index (χ0n) is 13.2. The first-order valence-electron chi connectivity index (χ1n) is 7.19. The molecule has 2 heterocycles. The molecule has 1 unspecified atom stereocenters. The fourth-order valence-electron chi connectivity index (χ4n) is 2.65. The molecule has 0 radical (unpaired) electrons. The molecular formula is C14H21IN3O4+. The van der Waals surface area contributed by atoms with Crippen molar-refractivity contribution in [2.24, 2.45) is 5.10 Å². The highest BCUT2D eigenvalue weighted by atomic mass is 127. The molecule has 0 aromatic carbocycles. The predicted molar refractivity (Wildman–Crippen MR) is 89.7 cm³/mol. The Morgan fingerprint density at radius 2 is 2.09 bits per heavy atom. The molecule has 0 aromatic heterocycles. The molecule has 0 fully saturated rings. The molecule has 1 atom stereocenters. The minimum Gasteiger partial charge on any atom is -0.444 e. The number of halogens is 1. The Labute approximate surface area is 143 Å². The van der Waals surface area contributed by atoms with Crippen LogP contribution in [0.1, 0.15) is 34.1 Å². The number of hydrogen-bond donors (Lipinski definition) is 1. The molecule has 0 saturated heterocycles. The SMILES string of the molecule is CC[N+]1(C(=O)O)N=C(I)C2=C1CCN(C(=O)OC(C)(C)C)C2. The van der Waals surface area contributed by atoms with E-state index in [1.54, 1.807) is 11.8 Å². The van der Waals surface area contributed by atoms with Crippen molar-refractivity contribution in [1.82, 2.24) is 4.90 Å². The number of carbonyl (C=O) groups excluding carboxylic acids is 1. The highest BCUT2D eigenvalue weighted by Gasteiger charge is 2.50. The minimum atomic E-state index is -0.979. The van der Waals surface area contributed by atoms with E-state index in [1.807, 2.05) is 43.4 Å². The molecule has 2 aliphatic heterocycles. The van der Waals surface area contributed by atoms with Gasteiger partial charge in [-0.25, -0.2) is 4.79 Å². The number of carbonyl (C=O) groups is 2. The first kappa shape index (κ1) is 17.2. The molecule has 0 aromatic rings. The van der Waals surface area contributed by atoms with E-state index in [-0.39, 0.29) is 6.09 Å². The normalized spacial score (nSPS) is 25.0. The van der Waals surface area contributed by atoms with E-state index in [9.17, 15) is 14.7 Å². The van der Waals surface area contributed by atoms with Gasteiger partial charge < -0.3 is 14.7 Å². The second kappa shape index (κ2) is 5.80. The van der Waals surface area contributed by atoms with Crippen LogP contribution in [0.4, 0.5) is 9.59 Å². The molecular weight excluding hydrogens is 401 g/mol. The van der Waals surface area contributed by atoms with E-state index < -0.39 is 16.3 Å². The average Bonchev–Trinajstić information content (AvgIpc) is 2.70. The van der Waals surface area contributed by atoms with Crippen LogP contribution >= 0.6 is 22.6 Å². The van der Waals surface area contributed by atoms with E-state index in [2.05, 4.69) is 5.10 Å². The van der Waals surface area contributed by atoms with Crippen molar-refractivity contribution in [3.63, 3.8) is 0 Å². The number of nitrogens with zero attached hydrogens (tertiary/aromatic N) is 3. The summed E-state index contributed by atoms with van der Waals surface area (Å²) >= 11 is 2.04. The van der Waals surface area contributed by atoms with E-state index in [4.69, 9.17) is 4.74 Å². The summed E-state index contributed by atoms with van der Waals surface area (Å²) < 4.78 is 5.65. The summed E-state index contributed by atoms with van der Waals surface area (Å²) in [6.45, 7) is 8.42.